The number of likely N-dealkylation sites (tertiary alicyclic amines) is 2. The van der Waals surface area contributed by atoms with Gasteiger partial charge in [0, 0.05) is 63.1 Å². The van der Waals surface area contributed by atoms with Gasteiger partial charge in [0.25, 0.3) is 0 Å². The van der Waals surface area contributed by atoms with E-state index in [9.17, 15) is 4.79 Å². The third-order valence-electron chi connectivity index (χ3n) is 9.33. The summed E-state index contributed by atoms with van der Waals surface area (Å²) in [4.78, 5) is 27.5. The number of amides is 1. The summed E-state index contributed by atoms with van der Waals surface area (Å²) in [6, 6.07) is 2.15. The van der Waals surface area contributed by atoms with E-state index >= 15 is 0 Å². The number of aryl methyl sites for hydroxylation is 1. The lowest BCUT2D eigenvalue weighted by Crippen LogP contribution is -2.53. The van der Waals surface area contributed by atoms with Gasteiger partial charge in [-0.2, -0.15) is 9.47 Å². The first kappa shape index (κ1) is 26.1. The van der Waals surface area contributed by atoms with Crippen LogP contribution in [0.4, 0.5) is 10.6 Å². The first-order chi connectivity index (χ1) is 19.6. The number of ether oxygens (including phenoxy) is 2. The van der Waals surface area contributed by atoms with Crippen LogP contribution < -0.4 is 5.32 Å². The molecule has 1 aliphatic carbocycles. The smallest absolute Gasteiger partial charge is 0.409 e. The van der Waals surface area contributed by atoms with Crippen molar-refractivity contribution in [3.8, 4) is 0 Å². The van der Waals surface area contributed by atoms with E-state index in [1.54, 1.807) is 0 Å². The maximum Gasteiger partial charge on any atom is 0.409 e. The molecule has 0 unspecified atom stereocenters. The number of carbonyl (C=O) groups is 1. The summed E-state index contributed by atoms with van der Waals surface area (Å²) in [7, 11) is 1.48. The number of aromatic nitrogens is 5. The monoisotopic (exact) mass is 566 g/mol. The van der Waals surface area contributed by atoms with Crippen molar-refractivity contribution in [2.75, 3.05) is 38.7 Å². The molecule has 4 fully saturated rings. The van der Waals surface area contributed by atoms with Crippen molar-refractivity contribution in [2.45, 2.75) is 88.5 Å². The van der Waals surface area contributed by atoms with E-state index in [1.165, 1.54) is 18.6 Å². The van der Waals surface area contributed by atoms with E-state index in [0.29, 0.717) is 36.6 Å². The fourth-order valence-electron chi connectivity index (χ4n) is 7.25. The van der Waals surface area contributed by atoms with E-state index in [2.05, 4.69) is 30.6 Å². The number of piperazine rings is 1. The second-order valence-corrected chi connectivity index (χ2v) is 12.5. The quantitative estimate of drug-likeness (QED) is 0.477. The summed E-state index contributed by atoms with van der Waals surface area (Å²) in [5, 5.41) is 9.49. The maximum absolute atomic E-state index is 12.0. The van der Waals surface area contributed by atoms with E-state index in [0.717, 1.165) is 104 Å². The molecule has 6 heterocycles. The highest BCUT2D eigenvalue weighted by molar-refractivity contribution is 7.13. The lowest BCUT2D eigenvalue weighted by Gasteiger charge is -2.41. The molecule has 7 rings (SSSR count). The average Bonchev–Trinajstić information content (AvgIpc) is 3.78. The molecule has 3 saturated heterocycles. The lowest BCUT2D eigenvalue weighted by molar-refractivity contribution is 0.0615. The normalized spacial score (nSPS) is 27.5. The lowest BCUT2D eigenvalue weighted by atomic mass is 9.89. The molecule has 11 nitrogen and oxygen atoms in total. The first-order valence-electron chi connectivity index (χ1n) is 14.7. The number of nitrogens with zero attached hydrogens (tertiary/aromatic N) is 7. The van der Waals surface area contributed by atoms with Crippen molar-refractivity contribution in [1.29, 1.82) is 0 Å². The van der Waals surface area contributed by atoms with Crippen LogP contribution in [0.25, 0.3) is 10.2 Å². The minimum Gasteiger partial charge on any atom is -0.453 e. The van der Waals surface area contributed by atoms with Crippen LogP contribution in [0, 0.1) is 6.92 Å². The minimum atomic E-state index is -0.179. The molecule has 214 valence electrons. The molecule has 0 aromatic carbocycles. The minimum absolute atomic E-state index is 0.179. The Morgan fingerprint density at radius 1 is 1.07 bits per heavy atom. The van der Waals surface area contributed by atoms with E-state index < -0.39 is 0 Å². The molecule has 3 aromatic heterocycles. The predicted molar refractivity (Wildman–Crippen MR) is 152 cm³/mol. The SMILES string of the molecule is COC(=O)N1C[C@H]2C[C@@H]1CN2C1CCC(Nc2nc(Cc3cnn(C4CCOCC4)c3)nc3snc(C)c23)CC1. The second-order valence-electron chi connectivity index (χ2n) is 11.8. The van der Waals surface area contributed by atoms with Gasteiger partial charge >= 0.3 is 6.09 Å². The third-order valence-corrected chi connectivity index (χ3v) is 10.2. The van der Waals surface area contributed by atoms with Gasteiger partial charge in [0.15, 0.2) is 0 Å². The Morgan fingerprint density at radius 3 is 2.65 bits per heavy atom. The molecule has 0 spiro atoms. The van der Waals surface area contributed by atoms with E-state index in [4.69, 9.17) is 19.4 Å². The van der Waals surface area contributed by atoms with Crippen LogP contribution in [0.2, 0.25) is 0 Å². The molecule has 0 radical (unpaired) electrons. The van der Waals surface area contributed by atoms with Crippen LogP contribution in [-0.4, -0.2) is 97.6 Å². The Bertz CT molecular complexity index is 1360. The Balaban J connectivity index is 1.01. The number of rotatable bonds is 6. The predicted octanol–water partition coefficient (Wildman–Crippen LogP) is 3.78. The summed E-state index contributed by atoms with van der Waals surface area (Å²) in [5.74, 6) is 1.72. The Kier molecular flexibility index (Phi) is 7.09. The third kappa shape index (κ3) is 4.94. The number of nitrogens with one attached hydrogen (secondary N) is 1. The first-order valence-corrected chi connectivity index (χ1v) is 15.4. The van der Waals surface area contributed by atoms with Crippen molar-refractivity contribution in [1.82, 2.24) is 33.9 Å². The van der Waals surface area contributed by atoms with Gasteiger partial charge in [0.1, 0.15) is 16.5 Å². The Morgan fingerprint density at radius 2 is 1.90 bits per heavy atom. The number of methoxy groups -OCH3 is 1. The van der Waals surface area contributed by atoms with Crippen molar-refractivity contribution < 1.29 is 14.3 Å². The number of fused-ring (bicyclic) bond motifs is 3. The molecular formula is C28H38N8O3S. The van der Waals surface area contributed by atoms with Gasteiger partial charge in [-0.15, -0.1) is 0 Å². The number of hydrogen-bond acceptors (Lipinski definition) is 10. The zero-order valence-electron chi connectivity index (χ0n) is 23.3. The van der Waals surface area contributed by atoms with Crippen LogP contribution in [0.5, 0.6) is 0 Å². The molecule has 1 saturated carbocycles. The van der Waals surface area contributed by atoms with Crippen LogP contribution in [0.3, 0.4) is 0 Å². The summed E-state index contributed by atoms with van der Waals surface area (Å²) < 4.78 is 17.2. The van der Waals surface area contributed by atoms with Gasteiger partial charge in [0.2, 0.25) is 0 Å². The zero-order chi connectivity index (χ0) is 27.2. The molecule has 2 bridgehead atoms. The van der Waals surface area contributed by atoms with Crippen LogP contribution in [0.1, 0.15) is 68.1 Å². The van der Waals surface area contributed by atoms with Gasteiger partial charge in [-0.3, -0.25) is 9.58 Å². The molecule has 2 atom stereocenters. The van der Waals surface area contributed by atoms with Crippen LogP contribution >= 0.6 is 11.5 Å². The van der Waals surface area contributed by atoms with E-state index in [1.807, 2.05) is 18.0 Å². The molecule has 3 aromatic rings. The van der Waals surface area contributed by atoms with E-state index in [-0.39, 0.29) is 6.09 Å². The molecular weight excluding hydrogens is 528 g/mol. The molecule has 1 N–H and O–H groups in total. The summed E-state index contributed by atoms with van der Waals surface area (Å²) in [6.45, 7) is 5.42. The highest BCUT2D eigenvalue weighted by Gasteiger charge is 2.48. The molecule has 1 amide bonds. The largest absolute Gasteiger partial charge is 0.453 e. The zero-order valence-corrected chi connectivity index (χ0v) is 24.1. The fourth-order valence-corrected chi connectivity index (χ4v) is 8.05. The van der Waals surface area contributed by atoms with Crippen LogP contribution in [-0.2, 0) is 15.9 Å². The Hall–Kier alpha value is -2.83. The highest BCUT2D eigenvalue weighted by Crippen LogP contribution is 2.37. The summed E-state index contributed by atoms with van der Waals surface area (Å²) in [6.07, 6.45) is 12.2. The maximum atomic E-state index is 12.0. The fraction of sp³-hybridized carbons (Fsp3) is 0.679. The number of hydrogen-bond donors (Lipinski definition) is 1. The van der Waals surface area contributed by atoms with Crippen molar-refractivity contribution in [3.05, 3.63) is 29.5 Å². The number of anilines is 1. The number of carbonyl (C=O) groups excluding carboxylic acids is 1. The average molecular weight is 567 g/mol. The molecule has 40 heavy (non-hydrogen) atoms. The van der Waals surface area contributed by atoms with Gasteiger partial charge in [-0.1, -0.05) is 0 Å². The summed E-state index contributed by atoms with van der Waals surface area (Å²) in [5.41, 5.74) is 2.11. The topological polar surface area (TPSA) is 111 Å². The molecule has 3 aliphatic heterocycles. The van der Waals surface area contributed by atoms with Gasteiger partial charge in [0.05, 0.1) is 30.4 Å². The van der Waals surface area contributed by atoms with Gasteiger partial charge in [-0.05, 0) is 69.0 Å². The highest BCUT2D eigenvalue weighted by atomic mass is 32.1. The molecule has 4 aliphatic rings. The van der Waals surface area contributed by atoms with Gasteiger partial charge < -0.3 is 19.7 Å². The van der Waals surface area contributed by atoms with Gasteiger partial charge in [-0.25, -0.2) is 14.8 Å². The second kappa shape index (κ2) is 10.9. The van der Waals surface area contributed by atoms with Crippen LogP contribution in [0.15, 0.2) is 12.4 Å². The standard InChI is InChI=1S/C28H38N8O3S/c1-17-25-26(30-19-3-5-20(6-4-19)34-15-23-12-22(34)16-35(23)28(37)38-2)31-24(32-27(25)40-33-17)11-18-13-29-36(14-18)21-7-9-39-10-8-21/h13-14,19-23H,3-12,15-16H2,1-2H3,(H,30,31,32)/t19?,20?,22-,23-/m1/s1. The Labute approximate surface area is 238 Å². The van der Waals surface area contributed by atoms with Crippen molar-refractivity contribution in [2.24, 2.45) is 0 Å². The molecule has 12 heteroatoms. The van der Waals surface area contributed by atoms with Crippen molar-refractivity contribution in [3.63, 3.8) is 0 Å². The summed E-state index contributed by atoms with van der Waals surface area (Å²) >= 11 is 1.45. The van der Waals surface area contributed by atoms with Crippen molar-refractivity contribution >= 4 is 33.7 Å².